The van der Waals surface area contributed by atoms with Crippen LogP contribution in [0.2, 0.25) is 0 Å². The van der Waals surface area contributed by atoms with Crippen LogP contribution in [0.4, 0.5) is 13.2 Å². The van der Waals surface area contributed by atoms with Crippen LogP contribution in [0.15, 0.2) is 24.3 Å². The van der Waals surface area contributed by atoms with E-state index in [1.165, 1.54) is 24.3 Å². The zero-order chi connectivity index (χ0) is 17.0. The van der Waals surface area contributed by atoms with Gasteiger partial charge in [-0.05, 0) is 43.0 Å². The second-order valence-corrected chi connectivity index (χ2v) is 5.46. The molecule has 23 heavy (non-hydrogen) atoms. The van der Waals surface area contributed by atoms with E-state index >= 15 is 0 Å². The second kappa shape index (κ2) is 6.89. The van der Waals surface area contributed by atoms with Gasteiger partial charge in [-0.1, -0.05) is 0 Å². The molecule has 8 heteroatoms. The molecule has 2 rings (SSSR count). The first-order valence-corrected chi connectivity index (χ1v) is 7.08. The van der Waals surface area contributed by atoms with Gasteiger partial charge in [0.05, 0.1) is 13.0 Å². The summed E-state index contributed by atoms with van der Waals surface area (Å²) in [5.41, 5.74) is 0.0668. The van der Waals surface area contributed by atoms with Gasteiger partial charge in [0.25, 0.3) is 5.91 Å². The number of carbonyl (C=O) groups is 2. The van der Waals surface area contributed by atoms with Crippen molar-refractivity contribution in [2.24, 2.45) is 5.92 Å². The third-order valence-corrected chi connectivity index (χ3v) is 3.34. The summed E-state index contributed by atoms with van der Waals surface area (Å²) in [5, 5.41) is 10.6. The summed E-state index contributed by atoms with van der Waals surface area (Å²) in [6.07, 6.45) is -4.04. The highest BCUT2D eigenvalue weighted by atomic mass is 19.4. The Labute approximate surface area is 130 Å². The van der Waals surface area contributed by atoms with Gasteiger partial charge >= 0.3 is 12.1 Å². The smallest absolute Gasteiger partial charge is 0.391 e. The first kappa shape index (κ1) is 17.1. The van der Waals surface area contributed by atoms with Gasteiger partial charge in [0.1, 0.15) is 11.8 Å². The fraction of sp³-hybridized carbons (Fsp3) is 0.467. The van der Waals surface area contributed by atoms with E-state index in [0.29, 0.717) is 18.3 Å². The molecule has 0 saturated heterocycles. The average molecular weight is 331 g/mol. The molecule has 0 bridgehead atoms. The lowest BCUT2D eigenvalue weighted by atomic mass is 10.1. The Morgan fingerprint density at radius 3 is 2.35 bits per heavy atom. The summed E-state index contributed by atoms with van der Waals surface area (Å²) in [6, 6.07) is 3.79. The molecular weight excluding hydrogens is 315 g/mol. The van der Waals surface area contributed by atoms with Crippen LogP contribution in [-0.4, -0.2) is 35.8 Å². The maximum atomic E-state index is 12.3. The van der Waals surface area contributed by atoms with Crippen LogP contribution in [0.1, 0.15) is 29.6 Å². The van der Waals surface area contributed by atoms with Crippen molar-refractivity contribution in [2.75, 3.05) is 6.61 Å². The normalized spacial score (nSPS) is 15.8. The number of halogens is 3. The van der Waals surface area contributed by atoms with Crippen LogP contribution in [0.3, 0.4) is 0 Å². The van der Waals surface area contributed by atoms with Crippen LogP contribution >= 0.6 is 0 Å². The Balaban J connectivity index is 1.93. The molecule has 0 aliphatic heterocycles. The van der Waals surface area contributed by atoms with Gasteiger partial charge in [0.2, 0.25) is 0 Å². The summed E-state index contributed by atoms with van der Waals surface area (Å²) in [4.78, 5) is 22.7. The molecule has 0 spiro atoms. The Morgan fingerprint density at radius 2 is 1.87 bits per heavy atom. The van der Waals surface area contributed by atoms with Crippen molar-refractivity contribution in [1.29, 1.82) is 0 Å². The molecule has 1 atom stereocenters. The predicted molar refractivity (Wildman–Crippen MR) is 74.2 cm³/mol. The number of rotatable bonds is 7. The van der Waals surface area contributed by atoms with Gasteiger partial charge in [0, 0.05) is 5.56 Å². The van der Waals surface area contributed by atoms with Crippen molar-refractivity contribution < 1.29 is 32.6 Å². The minimum atomic E-state index is -4.68. The van der Waals surface area contributed by atoms with E-state index in [9.17, 15) is 22.8 Å². The van der Waals surface area contributed by atoms with E-state index in [2.05, 4.69) is 0 Å². The molecule has 1 aliphatic rings. The molecule has 2 N–H and O–H groups in total. The average Bonchev–Trinajstić information content (AvgIpc) is 3.27. The molecule has 1 saturated carbocycles. The Morgan fingerprint density at radius 1 is 1.26 bits per heavy atom. The van der Waals surface area contributed by atoms with Crippen molar-refractivity contribution in [1.82, 2.24) is 5.32 Å². The number of nitrogens with one attached hydrogen (secondary N) is 1. The van der Waals surface area contributed by atoms with E-state index in [1.807, 2.05) is 5.32 Å². The quantitative estimate of drug-likeness (QED) is 0.805. The number of ether oxygens (including phenoxy) is 1. The monoisotopic (exact) mass is 331 g/mol. The van der Waals surface area contributed by atoms with Crippen molar-refractivity contribution in [2.45, 2.75) is 31.5 Å². The minimum absolute atomic E-state index is 0.0668. The lowest BCUT2D eigenvalue weighted by Crippen LogP contribution is -2.43. The number of aliphatic carboxylic acids is 1. The van der Waals surface area contributed by atoms with Crippen LogP contribution in [0.5, 0.6) is 5.75 Å². The molecular formula is C15H16F3NO4. The predicted octanol–water partition coefficient (Wildman–Crippen LogP) is 2.61. The number of hydrogen-bond donors (Lipinski definition) is 2. The van der Waals surface area contributed by atoms with E-state index in [0.717, 1.165) is 12.8 Å². The third-order valence-electron chi connectivity index (χ3n) is 3.34. The highest BCUT2D eigenvalue weighted by molar-refractivity contribution is 5.96. The van der Waals surface area contributed by atoms with Crippen molar-refractivity contribution >= 4 is 11.9 Å². The maximum Gasteiger partial charge on any atom is 0.391 e. The lowest BCUT2D eigenvalue weighted by molar-refractivity contribution is -0.157. The summed E-state index contributed by atoms with van der Waals surface area (Å²) in [6.45, 7) is 0.595. The number of hydrogen-bond acceptors (Lipinski definition) is 3. The summed E-state index contributed by atoms with van der Waals surface area (Å²) >= 11 is 0. The number of amides is 1. The molecule has 1 aliphatic carbocycles. The zero-order valence-electron chi connectivity index (χ0n) is 12.1. The summed E-state index contributed by atoms with van der Waals surface area (Å²) < 4.78 is 42.4. The van der Waals surface area contributed by atoms with Gasteiger partial charge in [0.15, 0.2) is 0 Å². The SMILES string of the molecule is O=C(NC(CC(F)(F)F)C(=O)O)c1ccc(OCC2CC2)cc1. The van der Waals surface area contributed by atoms with Crippen molar-refractivity contribution in [3.63, 3.8) is 0 Å². The van der Waals surface area contributed by atoms with E-state index in [1.54, 1.807) is 0 Å². The van der Waals surface area contributed by atoms with Crippen molar-refractivity contribution in [3.8, 4) is 5.75 Å². The molecule has 1 aromatic rings. The first-order valence-electron chi connectivity index (χ1n) is 7.08. The van der Waals surface area contributed by atoms with Crippen LogP contribution in [0.25, 0.3) is 0 Å². The molecule has 0 heterocycles. The highest BCUT2D eigenvalue weighted by Crippen LogP contribution is 2.29. The van der Waals surface area contributed by atoms with Gasteiger partial charge < -0.3 is 15.2 Å². The number of alkyl halides is 3. The standard InChI is InChI=1S/C15H16F3NO4/c16-15(17,18)7-12(14(21)22)19-13(20)10-3-5-11(6-4-10)23-8-9-1-2-9/h3-6,9,12H,1-2,7-8H2,(H,19,20)(H,21,22). The second-order valence-electron chi connectivity index (χ2n) is 5.46. The molecule has 1 aromatic carbocycles. The van der Waals surface area contributed by atoms with Gasteiger partial charge in [-0.15, -0.1) is 0 Å². The van der Waals surface area contributed by atoms with E-state index < -0.39 is 30.5 Å². The molecule has 0 aromatic heterocycles. The largest absolute Gasteiger partial charge is 0.493 e. The van der Waals surface area contributed by atoms with Gasteiger partial charge in [-0.2, -0.15) is 13.2 Å². The Kier molecular flexibility index (Phi) is 5.12. The van der Waals surface area contributed by atoms with Gasteiger partial charge in [-0.3, -0.25) is 4.79 Å². The van der Waals surface area contributed by atoms with E-state index in [-0.39, 0.29) is 5.56 Å². The molecule has 1 fully saturated rings. The molecule has 5 nitrogen and oxygen atoms in total. The van der Waals surface area contributed by atoms with Gasteiger partial charge in [-0.25, -0.2) is 4.79 Å². The molecule has 1 unspecified atom stereocenters. The van der Waals surface area contributed by atoms with Crippen LogP contribution in [-0.2, 0) is 4.79 Å². The maximum absolute atomic E-state index is 12.3. The molecule has 126 valence electrons. The van der Waals surface area contributed by atoms with Crippen molar-refractivity contribution in [3.05, 3.63) is 29.8 Å². The number of carboxylic acid groups (broad SMARTS) is 1. The highest BCUT2D eigenvalue weighted by Gasteiger charge is 2.36. The Hall–Kier alpha value is -2.25. The fourth-order valence-electron chi connectivity index (χ4n) is 1.87. The molecule has 0 radical (unpaired) electrons. The third kappa shape index (κ3) is 5.80. The number of carbonyl (C=O) groups excluding carboxylic acids is 1. The first-order chi connectivity index (χ1) is 10.7. The van der Waals surface area contributed by atoms with E-state index in [4.69, 9.17) is 9.84 Å². The molecule has 1 amide bonds. The lowest BCUT2D eigenvalue weighted by Gasteiger charge is -2.16. The minimum Gasteiger partial charge on any atom is -0.493 e. The van der Waals surface area contributed by atoms with Crippen LogP contribution in [0, 0.1) is 5.92 Å². The van der Waals surface area contributed by atoms with Crippen LogP contribution < -0.4 is 10.1 Å². The fourth-order valence-corrected chi connectivity index (χ4v) is 1.87. The number of benzene rings is 1. The topological polar surface area (TPSA) is 75.6 Å². The Bertz CT molecular complexity index is 567. The zero-order valence-corrected chi connectivity index (χ0v) is 12.1. The summed E-state index contributed by atoms with van der Waals surface area (Å²) in [7, 11) is 0. The summed E-state index contributed by atoms with van der Waals surface area (Å²) in [5.74, 6) is -1.49. The number of carboxylic acids is 1.